The fourth-order valence-electron chi connectivity index (χ4n) is 3.95. The Kier molecular flexibility index (Phi) is 4.55. The number of rotatable bonds is 4. The standard InChI is InChI=1S/C21H22N2OS/c1-15(23-13-5-11-19(23)20-12-6-14-25-20)21(24)22-18-10-4-8-16-7-2-3-9-17(16)18/h2-4,6-10,12,14-15,19H,5,11,13H2,1H3,(H,22,24)/p+1/t15-,19+/m0/s1. The Morgan fingerprint density at radius 1 is 1.16 bits per heavy atom. The minimum atomic E-state index is -0.0615. The Morgan fingerprint density at radius 2 is 2.00 bits per heavy atom. The van der Waals surface area contributed by atoms with E-state index in [4.69, 9.17) is 0 Å². The van der Waals surface area contributed by atoms with Crippen LogP contribution in [0.1, 0.15) is 30.7 Å². The van der Waals surface area contributed by atoms with Crippen molar-refractivity contribution < 1.29 is 9.69 Å². The van der Waals surface area contributed by atoms with Crippen molar-refractivity contribution in [1.29, 1.82) is 0 Å². The average molecular weight is 351 g/mol. The van der Waals surface area contributed by atoms with Crippen LogP contribution in [-0.2, 0) is 4.79 Å². The average Bonchev–Trinajstić information content (AvgIpc) is 3.32. The zero-order chi connectivity index (χ0) is 17.2. The molecule has 128 valence electrons. The van der Waals surface area contributed by atoms with E-state index in [9.17, 15) is 4.79 Å². The molecule has 2 heterocycles. The van der Waals surface area contributed by atoms with Gasteiger partial charge >= 0.3 is 0 Å². The second-order valence-corrected chi connectivity index (χ2v) is 7.75. The van der Waals surface area contributed by atoms with Gasteiger partial charge in [-0.2, -0.15) is 0 Å². The number of benzene rings is 2. The number of thiophene rings is 1. The highest BCUT2D eigenvalue weighted by atomic mass is 32.1. The molecule has 1 aliphatic rings. The van der Waals surface area contributed by atoms with Crippen LogP contribution in [0.5, 0.6) is 0 Å². The van der Waals surface area contributed by atoms with E-state index in [2.05, 4.69) is 48.0 Å². The van der Waals surface area contributed by atoms with Crippen LogP contribution in [0.3, 0.4) is 0 Å². The van der Waals surface area contributed by atoms with E-state index in [0.29, 0.717) is 6.04 Å². The lowest BCUT2D eigenvalue weighted by Gasteiger charge is -2.26. The van der Waals surface area contributed by atoms with Gasteiger partial charge < -0.3 is 10.2 Å². The highest BCUT2D eigenvalue weighted by Crippen LogP contribution is 2.25. The van der Waals surface area contributed by atoms with Crippen molar-refractivity contribution in [2.45, 2.75) is 31.8 Å². The minimum absolute atomic E-state index is 0.0615. The van der Waals surface area contributed by atoms with E-state index >= 15 is 0 Å². The first kappa shape index (κ1) is 16.3. The third kappa shape index (κ3) is 3.20. The Morgan fingerprint density at radius 3 is 2.84 bits per heavy atom. The van der Waals surface area contributed by atoms with Gasteiger partial charge in [0.1, 0.15) is 6.04 Å². The number of amides is 1. The van der Waals surface area contributed by atoms with E-state index in [0.717, 1.165) is 23.0 Å². The molecule has 1 amide bonds. The van der Waals surface area contributed by atoms with E-state index in [1.165, 1.54) is 22.6 Å². The number of hydrogen-bond acceptors (Lipinski definition) is 2. The number of fused-ring (bicyclic) bond motifs is 1. The first-order valence-corrected chi connectivity index (χ1v) is 9.79. The quantitative estimate of drug-likeness (QED) is 0.739. The number of carbonyl (C=O) groups is 1. The summed E-state index contributed by atoms with van der Waals surface area (Å²) in [6.45, 7) is 3.12. The molecule has 3 aromatic rings. The third-order valence-corrected chi connectivity index (χ3v) is 6.28. The van der Waals surface area contributed by atoms with Crippen LogP contribution >= 0.6 is 11.3 Å². The molecule has 2 aromatic carbocycles. The van der Waals surface area contributed by atoms with Crippen LogP contribution in [0.2, 0.25) is 0 Å². The first-order chi connectivity index (χ1) is 12.2. The SMILES string of the molecule is C[C@@H](C(=O)Nc1cccc2ccccc12)[NH+]1CCC[C@@H]1c1cccs1. The Balaban J connectivity index is 1.54. The molecule has 25 heavy (non-hydrogen) atoms. The Labute approximate surface area is 152 Å². The normalized spacial score (nSPS) is 21.3. The molecule has 4 rings (SSSR count). The first-order valence-electron chi connectivity index (χ1n) is 8.91. The summed E-state index contributed by atoms with van der Waals surface area (Å²) in [5.41, 5.74) is 0.904. The number of nitrogens with one attached hydrogen (secondary N) is 2. The number of quaternary nitrogens is 1. The van der Waals surface area contributed by atoms with Crippen molar-refractivity contribution in [1.82, 2.24) is 0 Å². The van der Waals surface area contributed by atoms with E-state index < -0.39 is 0 Å². The van der Waals surface area contributed by atoms with Gasteiger partial charge in [0.25, 0.3) is 5.91 Å². The molecule has 4 heteroatoms. The fourth-order valence-corrected chi connectivity index (χ4v) is 4.85. The van der Waals surface area contributed by atoms with E-state index in [1.54, 1.807) is 11.3 Å². The maximum Gasteiger partial charge on any atom is 0.282 e. The van der Waals surface area contributed by atoms with Gasteiger partial charge in [0.05, 0.1) is 11.4 Å². The maximum absolute atomic E-state index is 12.9. The molecule has 0 bridgehead atoms. The molecule has 3 nitrogen and oxygen atoms in total. The predicted molar refractivity (Wildman–Crippen MR) is 104 cm³/mol. The Hall–Kier alpha value is -2.17. The highest BCUT2D eigenvalue weighted by molar-refractivity contribution is 7.10. The molecule has 1 aliphatic heterocycles. The van der Waals surface area contributed by atoms with Gasteiger partial charge in [-0.25, -0.2) is 0 Å². The van der Waals surface area contributed by atoms with Gasteiger partial charge in [-0.3, -0.25) is 4.79 Å². The molecule has 1 fully saturated rings. The largest absolute Gasteiger partial charge is 0.320 e. The third-order valence-electron chi connectivity index (χ3n) is 5.29. The van der Waals surface area contributed by atoms with Crippen molar-refractivity contribution >= 4 is 33.7 Å². The van der Waals surface area contributed by atoms with Crippen molar-refractivity contribution in [3.05, 3.63) is 64.9 Å². The summed E-state index contributed by atoms with van der Waals surface area (Å²) in [5, 5.41) is 7.55. The molecule has 0 aliphatic carbocycles. The smallest absolute Gasteiger partial charge is 0.282 e. The Bertz CT molecular complexity index is 869. The monoisotopic (exact) mass is 351 g/mol. The summed E-state index contributed by atoms with van der Waals surface area (Å²) < 4.78 is 0. The number of likely N-dealkylation sites (tertiary alicyclic amines) is 1. The van der Waals surface area contributed by atoms with Gasteiger partial charge in [-0.15, -0.1) is 11.3 Å². The summed E-state index contributed by atoms with van der Waals surface area (Å²) in [5.74, 6) is 0.106. The summed E-state index contributed by atoms with van der Waals surface area (Å²) in [7, 11) is 0. The van der Waals surface area contributed by atoms with Gasteiger partial charge in [-0.05, 0) is 29.8 Å². The van der Waals surface area contributed by atoms with Gasteiger partial charge in [0, 0.05) is 23.9 Å². The fraction of sp³-hybridized carbons (Fsp3) is 0.286. The van der Waals surface area contributed by atoms with E-state index in [-0.39, 0.29) is 11.9 Å². The summed E-state index contributed by atoms with van der Waals surface area (Å²) >= 11 is 1.81. The van der Waals surface area contributed by atoms with Crippen LogP contribution in [0.4, 0.5) is 5.69 Å². The molecule has 3 atom stereocenters. The van der Waals surface area contributed by atoms with Crippen molar-refractivity contribution in [3.8, 4) is 0 Å². The summed E-state index contributed by atoms with van der Waals surface area (Å²) in [4.78, 5) is 15.7. The lowest BCUT2D eigenvalue weighted by Crippen LogP contribution is -3.15. The van der Waals surface area contributed by atoms with Crippen LogP contribution < -0.4 is 10.2 Å². The topological polar surface area (TPSA) is 33.5 Å². The highest BCUT2D eigenvalue weighted by Gasteiger charge is 2.37. The summed E-state index contributed by atoms with van der Waals surface area (Å²) in [6, 6.07) is 18.9. The molecule has 0 saturated carbocycles. The molecule has 1 saturated heterocycles. The maximum atomic E-state index is 12.9. The molecular weight excluding hydrogens is 328 g/mol. The van der Waals surface area contributed by atoms with Crippen molar-refractivity contribution in [2.24, 2.45) is 0 Å². The molecule has 1 aromatic heterocycles. The predicted octanol–water partition coefficient (Wildman–Crippen LogP) is 3.65. The number of anilines is 1. The minimum Gasteiger partial charge on any atom is -0.320 e. The van der Waals surface area contributed by atoms with Crippen molar-refractivity contribution in [2.75, 3.05) is 11.9 Å². The lowest BCUT2D eigenvalue weighted by atomic mass is 10.1. The van der Waals surface area contributed by atoms with E-state index in [1.807, 2.05) is 24.3 Å². The number of hydrogen-bond donors (Lipinski definition) is 2. The second kappa shape index (κ2) is 6.98. The molecule has 2 N–H and O–H groups in total. The summed E-state index contributed by atoms with van der Waals surface area (Å²) in [6.07, 6.45) is 2.35. The van der Waals surface area contributed by atoms with Gasteiger partial charge in [-0.1, -0.05) is 42.5 Å². The zero-order valence-corrected chi connectivity index (χ0v) is 15.2. The molecule has 1 unspecified atom stereocenters. The molecule has 0 radical (unpaired) electrons. The van der Waals surface area contributed by atoms with Gasteiger partial charge in [0.15, 0.2) is 6.04 Å². The molecular formula is C21H23N2OS+. The van der Waals surface area contributed by atoms with Crippen LogP contribution in [0.25, 0.3) is 10.8 Å². The zero-order valence-electron chi connectivity index (χ0n) is 14.4. The van der Waals surface area contributed by atoms with Gasteiger partial charge in [0.2, 0.25) is 0 Å². The van der Waals surface area contributed by atoms with Crippen molar-refractivity contribution in [3.63, 3.8) is 0 Å². The number of carbonyl (C=O) groups excluding carboxylic acids is 1. The molecule has 0 spiro atoms. The second-order valence-electron chi connectivity index (χ2n) is 6.77. The van der Waals surface area contributed by atoms with Crippen LogP contribution in [-0.4, -0.2) is 18.5 Å². The van der Waals surface area contributed by atoms with Crippen LogP contribution in [0.15, 0.2) is 60.0 Å². The van der Waals surface area contributed by atoms with Crippen LogP contribution in [0, 0.1) is 0 Å². The lowest BCUT2D eigenvalue weighted by molar-refractivity contribution is -0.931.